The molecule has 106 valence electrons. The Labute approximate surface area is 113 Å². The lowest BCUT2D eigenvalue weighted by molar-refractivity contribution is 0.180. The SMILES string of the molecule is Cn1cc(S(=O)(=O)N(C[C@@H]2CCOC2)C2CC2)cn1. The number of ether oxygens (including phenoxy) is 1. The molecule has 1 saturated heterocycles. The molecule has 0 amide bonds. The van der Waals surface area contributed by atoms with Crippen LogP contribution in [0.3, 0.4) is 0 Å². The minimum atomic E-state index is -3.41. The number of aromatic nitrogens is 2. The van der Waals surface area contributed by atoms with Crippen molar-refractivity contribution in [2.75, 3.05) is 19.8 Å². The summed E-state index contributed by atoms with van der Waals surface area (Å²) in [5, 5.41) is 3.96. The van der Waals surface area contributed by atoms with Gasteiger partial charge in [-0.05, 0) is 25.2 Å². The Balaban J connectivity index is 1.82. The number of aryl methyl sites for hydroxylation is 1. The summed E-state index contributed by atoms with van der Waals surface area (Å²) in [6.07, 6.45) is 5.87. The molecule has 1 aliphatic carbocycles. The van der Waals surface area contributed by atoms with Crippen LogP contribution < -0.4 is 0 Å². The van der Waals surface area contributed by atoms with Gasteiger partial charge >= 0.3 is 0 Å². The molecule has 6 nitrogen and oxygen atoms in total. The molecule has 19 heavy (non-hydrogen) atoms. The van der Waals surface area contributed by atoms with E-state index in [0.717, 1.165) is 25.9 Å². The standard InChI is InChI=1S/C12H19N3O3S/c1-14-8-12(6-13-14)19(16,17)15(11-2-3-11)7-10-4-5-18-9-10/h6,8,10-11H,2-5,7,9H2,1H3/t10-/m0/s1. The highest BCUT2D eigenvalue weighted by Crippen LogP contribution is 2.33. The van der Waals surface area contributed by atoms with Crippen LogP contribution in [0.5, 0.6) is 0 Å². The van der Waals surface area contributed by atoms with Crippen molar-refractivity contribution in [1.82, 2.24) is 14.1 Å². The molecule has 1 saturated carbocycles. The molecule has 3 rings (SSSR count). The van der Waals surface area contributed by atoms with Crippen LogP contribution in [0.2, 0.25) is 0 Å². The van der Waals surface area contributed by atoms with Crippen molar-refractivity contribution in [2.45, 2.75) is 30.2 Å². The predicted octanol–water partition coefficient (Wildman–Crippen LogP) is 0.610. The van der Waals surface area contributed by atoms with E-state index in [-0.39, 0.29) is 6.04 Å². The maximum atomic E-state index is 12.6. The summed E-state index contributed by atoms with van der Waals surface area (Å²) in [5.41, 5.74) is 0. The summed E-state index contributed by atoms with van der Waals surface area (Å²) in [6.45, 7) is 1.99. The number of hydrogen-bond acceptors (Lipinski definition) is 4. The highest BCUT2D eigenvalue weighted by Gasteiger charge is 2.40. The maximum Gasteiger partial charge on any atom is 0.246 e. The smallest absolute Gasteiger partial charge is 0.246 e. The van der Waals surface area contributed by atoms with E-state index >= 15 is 0 Å². The molecule has 0 unspecified atom stereocenters. The van der Waals surface area contributed by atoms with E-state index in [0.29, 0.717) is 24.0 Å². The van der Waals surface area contributed by atoms with Crippen molar-refractivity contribution < 1.29 is 13.2 Å². The third-order valence-corrected chi connectivity index (χ3v) is 5.58. The first kappa shape index (κ1) is 13.1. The second kappa shape index (κ2) is 4.88. The number of hydrogen-bond donors (Lipinski definition) is 0. The second-order valence-corrected chi connectivity index (χ2v) is 7.28. The Morgan fingerprint density at radius 2 is 2.26 bits per heavy atom. The molecule has 0 N–H and O–H groups in total. The second-order valence-electron chi connectivity index (χ2n) is 5.39. The average Bonchev–Trinajstić information content (AvgIpc) is 2.88. The van der Waals surface area contributed by atoms with Crippen molar-refractivity contribution in [1.29, 1.82) is 0 Å². The molecule has 0 radical (unpaired) electrons. The normalized spacial score (nSPS) is 24.2. The van der Waals surface area contributed by atoms with Gasteiger partial charge in [0.2, 0.25) is 10.0 Å². The molecule has 1 aromatic heterocycles. The van der Waals surface area contributed by atoms with Gasteiger partial charge in [-0.3, -0.25) is 4.68 Å². The van der Waals surface area contributed by atoms with Gasteiger partial charge in [0, 0.05) is 32.4 Å². The fourth-order valence-corrected chi connectivity index (χ4v) is 4.20. The minimum Gasteiger partial charge on any atom is -0.381 e. The van der Waals surface area contributed by atoms with Gasteiger partial charge in [0.1, 0.15) is 4.90 Å². The summed E-state index contributed by atoms with van der Waals surface area (Å²) in [7, 11) is -1.68. The molecule has 1 aliphatic heterocycles. The third kappa shape index (κ3) is 2.68. The fraction of sp³-hybridized carbons (Fsp3) is 0.750. The highest BCUT2D eigenvalue weighted by molar-refractivity contribution is 7.89. The average molecular weight is 285 g/mol. The van der Waals surface area contributed by atoms with E-state index in [1.165, 1.54) is 10.9 Å². The molecule has 2 heterocycles. The summed E-state index contributed by atoms with van der Waals surface area (Å²) < 4.78 is 33.8. The van der Waals surface area contributed by atoms with E-state index < -0.39 is 10.0 Å². The van der Waals surface area contributed by atoms with Gasteiger partial charge in [0.25, 0.3) is 0 Å². The lowest BCUT2D eigenvalue weighted by Crippen LogP contribution is -2.37. The highest BCUT2D eigenvalue weighted by atomic mass is 32.2. The lowest BCUT2D eigenvalue weighted by Gasteiger charge is -2.23. The molecule has 0 bridgehead atoms. The van der Waals surface area contributed by atoms with Crippen LogP contribution in [0.4, 0.5) is 0 Å². The molecule has 1 aromatic rings. The van der Waals surface area contributed by atoms with Crippen LogP contribution in [0, 0.1) is 5.92 Å². The van der Waals surface area contributed by atoms with Crippen LogP contribution in [0.15, 0.2) is 17.3 Å². The number of nitrogens with zero attached hydrogens (tertiary/aromatic N) is 3. The summed E-state index contributed by atoms with van der Waals surface area (Å²) in [5.74, 6) is 0.326. The summed E-state index contributed by atoms with van der Waals surface area (Å²) in [6, 6.07) is 0.172. The van der Waals surface area contributed by atoms with Gasteiger partial charge in [-0.15, -0.1) is 0 Å². The lowest BCUT2D eigenvalue weighted by atomic mass is 10.1. The first-order valence-corrected chi connectivity index (χ1v) is 8.09. The van der Waals surface area contributed by atoms with Crippen molar-refractivity contribution in [3.63, 3.8) is 0 Å². The van der Waals surface area contributed by atoms with E-state index in [4.69, 9.17) is 4.74 Å². The van der Waals surface area contributed by atoms with Crippen molar-refractivity contribution in [2.24, 2.45) is 13.0 Å². The zero-order valence-electron chi connectivity index (χ0n) is 11.0. The van der Waals surface area contributed by atoms with E-state index in [1.807, 2.05) is 0 Å². The number of sulfonamides is 1. The van der Waals surface area contributed by atoms with Crippen LogP contribution in [0.1, 0.15) is 19.3 Å². The van der Waals surface area contributed by atoms with Crippen molar-refractivity contribution >= 4 is 10.0 Å². The minimum absolute atomic E-state index is 0.172. The monoisotopic (exact) mass is 285 g/mol. The van der Waals surface area contributed by atoms with Gasteiger partial charge < -0.3 is 4.74 Å². The largest absolute Gasteiger partial charge is 0.381 e. The molecule has 0 spiro atoms. The topological polar surface area (TPSA) is 64.4 Å². The first-order chi connectivity index (χ1) is 9.07. The van der Waals surface area contributed by atoms with Gasteiger partial charge in [-0.2, -0.15) is 9.40 Å². The Morgan fingerprint density at radius 1 is 1.47 bits per heavy atom. The number of rotatable bonds is 5. The Hall–Kier alpha value is -0.920. The summed E-state index contributed by atoms with van der Waals surface area (Å²) >= 11 is 0. The Morgan fingerprint density at radius 3 is 2.79 bits per heavy atom. The molecule has 7 heteroatoms. The Bertz CT molecular complexity index is 544. The van der Waals surface area contributed by atoms with Crippen LogP contribution in [-0.4, -0.2) is 48.3 Å². The van der Waals surface area contributed by atoms with Crippen molar-refractivity contribution in [3.05, 3.63) is 12.4 Å². The van der Waals surface area contributed by atoms with Gasteiger partial charge in [-0.25, -0.2) is 8.42 Å². The Kier molecular flexibility index (Phi) is 3.36. The molecule has 2 fully saturated rings. The van der Waals surface area contributed by atoms with Gasteiger partial charge in [-0.1, -0.05) is 0 Å². The van der Waals surface area contributed by atoms with Crippen LogP contribution in [0.25, 0.3) is 0 Å². The first-order valence-electron chi connectivity index (χ1n) is 6.65. The molecular formula is C12H19N3O3S. The van der Waals surface area contributed by atoms with Gasteiger partial charge in [0.15, 0.2) is 0 Å². The van der Waals surface area contributed by atoms with E-state index in [2.05, 4.69) is 5.10 Å². The molecular weight excluding hydrogens is 266 g/mol. The predicted molar refractivity (Wildman–Crippen MR) is 69.0 cm³/mol. The van der Waals surface area contributed by atoms with Gasteiger partial charge in [0.05, 0.1) is 12.8 Å². The molecule has 0 aromatic carbocycles. The molecule has 1 atom stereocenters. The third-order valence-electron chi connectivity index (χ3n) is 3.70. The molecule has 2 aliphatic rings. The van der Waals surface area contributed by atoms with E-state index in [9.17, 15) is 8.42 Å². The van der Waals surface area contributed by atoms with Crippen molar-refractivity contribution in [3.8, 4) is 0 Å². The van der Waals surface area contributed by atoms with Crippen LogP contribution >= 0.6 is 0 Å². The fourth-order valence-electron chi connectivity index (χ4n) is 2.46. The van der Waals surface area contributed by atoms with Crippen LogP contribution in [-0.2, 0) is 21.8 Å². The maximum absolute atomic E-state index is 12.6. The zero-order valence-corrected chi connectivity index (χ0v) is 11.8. The van der Waals surface area contributed by atoms with E-state index in [1.54, 1.807) is 17.5 Å². The quantitative estimate of drug-likeness (QED) is 0.795. The summed E-state index contributed by atoms with van der Waals surface area (Å²) in [4.78, 5) is 0.292. The zero-order chi connectivity index (χ0) is 13.5.